The van der Waals surface area contributed by atoms with Gasteiger partial charge in [0, 0.05) is 31.1 Å². The number of halogens is 1. The molecule has 31 heavy (non-hydrogen) atoms. The van der Waals surface area contributed by atoms with Crippen LogP contribution in [0.2, 0.25) is 0 Å². The minimum atomic E-state index is -0.0934. The Bertz CT molecular complexity index is 796. The standard InChI is InChI=1S/C23H32N4O2S.HI/c1-3-24-23(26-14-15(2)12-18-6-4-11-30-18)25-9-5-10-27-21(28)19-16-7-8-17(13-16)20(19)22(27)29;/h4,6-8,11,15-17,19-20H,3,5,9-10,12-14H2,1-2H3,(H2,24,25,26);1H. The van der Waals surface area contributed by atoms with Gasteiger partial charge < -0.3 is 10.6 Å². The first-order chi connectivity index (χ1) is 14.6. The Balaban J connectivity index is 0.00000272. The van der Waals surface area contributed by atoms with E-state index in [2.05, 4.69) is 54.1 Å². The van der Waals surface area contributed by atoms with Crippen molar-refractivity contribution in [3.8, 4) is 0 Å². The molecule has 5 unspecified atom stereocenters. The van der Waals surface area contributed by atoms with Crippen molar-refractivity contribution in [1.82, 2.24) is 15.5 Å². The van der Waals surface area contributed by atoms with Crippen molar-refractivity contribution in [2.75, 3.05) is 26.2 Å². The zero-order valence-electron chi connectivity index (χ0n) is 18.3. The number of aliphatic imine (C=N–C) groups is 1. The van der Waals surface area contributed by atoms with Gasteiger partial charge >= 0.3 is 0 Å². The molecule has 2 heterocycles. The fourth-order valence-corrected chi connectivity index (χ4v) is 5.92. The van der Waals surface area contributed by atoms with Gasteiger partial charge in [0.05, 0.1) is 11.8 Å². The van der Waals surface area contributed by atoms with E-state index < -0.39 is 0 Å². The Kier molecular flexibility index (Phi) is 8.55. The van der Waals surface area contributed by atoms with Crippen LogP contribution in [0.15, 0.2) is 34.7 Å². The summed E-state index contributed by atoms with van der Waals surface area (Å²) in [6.07, 6.45) is 7.03. The minimum absolute atomic E-state index is 0. The number of rotatable bonds is 9. The first-order valence-corrected chi connectivity index (χ1v) is 12.0. The van der Waals surface area contributed by atoms with E-state index in [9.17, 15) is 9.59 Å². The number of imide groups is 1. The highest BCUT2D eigenvalue weighted by Crippen LogP contribution is 2.52. The van der Waals surface area contributed by atoms with Crippen LogP contribution >= 0.6 is 35.3 Å². The van der Waals surface area contributed by atoms with Gasteiger partial charge in [-0.15, -0.1) is 35.3 Å². The number of guanidine groups is 1. The van der Waals surface area contributed by atoms with E-state index in [0.717, 1.165) is 38.3 Å². The van der Waals surface area contributed by atoms with Crippen LogP contribution in [0.5, 0.6) is 0 Å². The van der Waals surface area contributed by atoms with E-state index in [1.807, 2.05) is 0 Å². The summed E-state index contributed by atoms with van der Waals surface area (Å²) in [5, 5.41) is 8.74. The van der Waals surface area contributed by atoms with Gasteiger partial charge in [-0.2, -0.15) is 0 Å². The topological polar surface area (TPSA) is 73.8 Å². The number of carbonyl (C=O) groups is 2. The molecule has 1 aromatic rings. The summed E-state index contributed by atoms with van der Waals surface area (Å²) in [6.45, 7) is 7.00. The minimum Gasteiger partial charge on any atom is -0.357 e. The molecule has 170 valence electrons. The smallest absolute Gasteiger partial charge is 0.233 e. The second-order valence-corrected chi connectivity index (χ2v) is 9.75. The third-order valence-electron chi connectivity index (χ3n) is 6.45. The van der Waals surface area contributed by atoms with E-state index >= 15 is 0 Å². The van der Waals surface area contributed by atoms with Crippen LogP contribution in [0.1, 0.15) is 31.6 Å². The van der Waals surface area contributed by atoms with Crippen LogP contribution < -0.4 is 10.6 Å². The molecule has 2 amide bonds. The van der Waals surface area contributed by atoms with Crippen molar-refractivity contribution < 1.29 is 9.59 Å². The quantitative estimate of drug-likeness (QED) is 0.122. The Morgan fingerprint density at radius 2 is 1.94 bits per heavy atom. The summed E-state index contributed by atoms with van der Waals surface area (Å²) in [5.41, 5.74) is 0. The van der Waals surface area contributed by atoms with Crippen molar-refractivity contribution in [2.24, 2.45) is 34.6 Å². The van der Waals surface area contributed by atoms with Gasteiger partial charge in [0.2, 0.25) is 11.8 Å². The second-order valence-electron chi connectivity index (χ2n) is 8.72. The molecule has 0 radical (unpaired) electrons. The van der Waals surface area contributed by atoms with E-state index in [4.69, 9.17) is 4.99 Å². The first-order valence-electron chi connectivity index (χ1n) is 11.2. The van der Waals surface area contributed by atoms with Gasteiger partial charge in [-0.1, -0.05) is 25.1 Å². The van der Waals surface area contributed by atoms with Crippen LogP contribution in [-0.2, 0) is 16.0 Å². The van der Waals surface area contributed by atoms with E-state index in [0.29, 0.717) is 19.0 Å². The zero-order valence-corrected chi connectivity index (χ0v) is 21.4. The van der Waals surface area contributed by atoms with Crippen LogP contribution in [0, 0.1) is 29.6 Å². The van der Waals surface area contributed by atoms with E-state index in [1.54, 1.807) is 11.3 Å². The van der Waals surface area contributed by atoms with Crippen molar-refractivity contribution in [2.45, 2.75) is 33.1 Å². The lowest BCUT2D eigenvalue weighted by atomic mass is 9.85. The van der Waals surface area contributed by atoms with Crippen molar-refractivity contribution >= 4 is 53.1 Å². The van der Waals surface area contributed by atoms with Gasteiger partial charge in [0.25, 0.3) is 0 Å². The van der Waals surface area contributed by atoms with Crippen molar-refractivity contribution in [1.29, 1.82) is 0 Å². The largest absolute Gasteiger partial charge is 0.357 e. The number of hydrogen-bond donors (Lipinski definition) is 2. The first kappa shape index (κ1) is 24.2. The van der Waals surface area contributed by atoms with E-state index in [1.165, 1.54) is 9.78 Å². The lowest BCUT2D eigenvalue weighted by Gasteiger charge is -2.18. The summed E-state index contributed by atoms with van der Waals surface area (Å²) < 4.78 is 0. The fraction of sp³-hybridized carbons (Fsp3) is 0.609. The SMILES string of the molecule is CCNC(=NCC(C)Cc1cccs1)NCCCN1C(=O)C2C3C=CC(C3)C2C1=O.I. The average Bonchev–Trinajstić information content (AvgIpc) is 3.51. The molecule has 3 aliphatic rings. The van der Waals surface area contributed by atoms with Crippen LogP contribution in [0.25, 0.3) is 0 Å². The second kappa shape index (κ2) is 10.9. The fourth-order valence-electron chi connectivity index (χ4n) is 5.05. The molecule has 2 aliphatic carbocycles. The molecule has 1 saturated carbocycles. The summed E-state index contributed by atoms with van der Waals surface area (Å²) in [7, 11) is 0. The molecule has 0 aromatic carbocycles. The molecule has 6 nitrogen and oxygen atoms in total. The molecule has 2 fully saturated rings. The third kappa shape index (κ3) is 5.32. The van der Waals surface area contributed by atoms with Crippen LogP contribution in [0.3, 0.4) is 0 Å². The Hall–Kier alpha value is -1.42. The van der Waals surface area contributed by atoms with E-state index in [-0.39, 0.29) is 59.5 Å². The lowest BCUT2D eigenvalue weighted by Crippen LogP contribution is -2.40. The van der Waals surface area contributed by atoms with Gasteiger partial charge in [-0.3, -0.25) is 19.5 Å². The molecule has 1 saturated heterocycles. The molecular weight excluding hydrogens is 523 g/mol. The molecule has 4 rings (SSSR count). The maximum Gasteiger partial charge on any atom is 0.233 e. The van der Waals surface area contributed by atoms with Gasteiger partial charge in [0.1, 0.15) is 0 Å². The maximum absolute atomic E-state index is 12.7. The summed E-state index contributed by atoms with van der Waals surface area (Å²) in [6, 6.07) is 4.26. The van der Waals surface area contributed by atoms with Gasteiger partial charge in [-0.05, 0) is 55.4 Å². The summed E-state index contributed by atoms with van der Waals surface area (Å²) in [4.78, 5) is 33.1. The molecule has 2 N–H and O–H groups in total. The summed E-state index contributed by atoms with van der Waals surface area (Å²) >= 11 is 1.79. The molecule has 8 heteroatoms. The number of nitrogens with one attached hydrogen (secondary N) is 2. The molecule has 1 aromatic heterocycles. The number of hydrogen-bond acceptors (Lipinski definition) is 4. The number of thiophene rings is 1. The van der Waals surface area contributed by atoms with Crippen LogP contribution in [-0.4, -0.2) is 48.9 Å². The molecule has 0 spiro atoms. The summed E-state index contributed by atoms with van der Waals surface area (Å²) in [5.74, 6) is 1.74. The van der Waals surface area contributed by atoms with Gasteiger partial charge in [-0.25, -0.2) is 0 Å². The molecule has 2 bridgehead atoms. The van der Waals surface area contributed by atoms with Gasteiger partial charge in [0.15, 0.2) is 5.96 Å². The van der Waals surface area contributed by atoms with Crippen molar-refractivity contribution in [3.05, 3.63) is 34.5 Å². The lowest BCUT2D eigenvalue weighted by molar-refractivity contribution is -0.140. The number of likely N-dealkylation sites (tertiary alicyclic amines) is 1. The number of fused-ring (bicyclic) bond motifs is 5. The molecule has 1 aliphatic heterocycles. The third-order valence-corrected chi connectivity index (χ3v) is 7.35. The highest BCUT2D eigenvalue weighted by atomic mass is 127. The number of allylic oxidation sites excluding steroid dienone is 2. The predicted molar refractivity (Wildman–Crippen MR) is 136 cm³/mol. The average molecular weight is 557 g/mol. The molecule has 5 atom stereocenters. The number of carbonyl (C=O) groups excluding carboxylic acids is 2. The van der Waals surface area contributed by atoms with Crippen molar-refractivity contribution in [3.63, 3.8) is 0 Å². The zero-order chi connectivity index (χ0) is 21.1. The number of nitrogens with zero attached hydrogens (tertiary/aromatic N) is 2. The van der Waals surface area contributed by atoms with Crippen LogP contribution in [0.4, 0.5) is 0 Å². The highest BCUT2D eigenvalue weighted by Gasteiger charge is 2.58. The monoisotopic (exact) mass is 556 g/mol. The normalized spacial score (nSPS) is 27.4. The molecular formula is C23H33IN4O2S. The predicted octanol–water partition coefficient (Wildman–Crippen LogP) is 3.30. The highest BCUT2D eigenvalue weighted by molar-refractivity contribution is 14.0. The number of amides is 2. The Morgan fingerprint density at radius 3 is 2.55 bits per heavy atom. The Labute approximate surface area is 206 Å². The Morgan fingerprint density at radius 1 is 1.23 bits per heavy atom. The maximum atomic E-state index is 12.7.